The molecule has 192 valence electrons. The Morgan fingerprint density at radius 2 is 1.75 bits per heavy atom. The van der Waals surface area contributed by atoms with Gasteiger partial charge in [-0.2, -0.15) is 0 Å². The second-order valence-electron chi connectivity index (χ2n) is 8.64. The van der Waals surface area contributed by atoms with E-state index < -0.39 is 12.0 Å². The van der Waals surface area contributed by atoms with Crippen LogP contribution in [0.15, 0.2) is 51.6 Å². The number of aliphatic imine (C=N–C) groups is 1. The fourth-order valence-electron chi connectivity index (χ4n) is 4.42. The van der Waals surface area contributed by atoms with Gasteiger partial charge in [0.2, 0.25) is 11.8 Å². The summed E-state index contributed by atoms with van der Waals surface area (Å²) in [6, 6.07) is 6.77. The summed E-state index contributed by atoms with van der Waals surface area (Å²) in [6.45, 7) is 5.79. The van der Waals surface area contributed by atoms with Crippen LogP contribution in [-0.4, -0.2) is 84.2 Å². The predicted molar refractivity (Wildman–Crippen MR) is 138 cm³/mol. The number of carbonyl (C=O) groups is 3. The van der Waals surface area contributed by atoms with Crippen molar-refractivity contribution < 1.29 is 23.9 Å². The van der Waals surface area contributed by atoms with Crippen LogP contribution in [0.5, 0.6) is 0 Å². The van der Waals surface area contributed by atoms with Crippen LogP contribution in [0.4, 0.5) is 0 Å². The molecule has 0 radical (unpaired) electrons. The molecule has 0 aromatic heterocycles. The highest BCUT2D eigenvalue weighted by Crippen LogP contribution is 2.45. The third-order valence-electron chi connectivity index (χ3n) is 6.34. The van der Waals surface area contributed by atoms with Crippen LogP contribution in [0.1, 0.15) is 31.9 Å². The van der Waals surface area contributed by atoms with Gasteiger partial charge < -0.3 is 24.2 Å². The summed E-state index contributed by atoms with van der Waals surface area (Å²) in [7, 11) is 1.54. The molecule has 0 unspecified atom stereocenters. The first-order valence-electron chi connectivity index (χ1n) is 11.7. The summed E-state index contributed by atoms with van der Waals surface area (Å²) < 4.78 is 10.5. The lowest BCUT2D eigenvalue weighted by Crippen LogP contribution is -2.50. The van der Waals surface area contributed by atoms with Gasteiger partial charge in [-0.15, -0.1) is 0 Å². The van der Waals surface area contributed by atoms with Gasteiger partial charge in [0.05, 0.1) is 30.3 Å². The fraction of sp³-hybridized carbons (Fsp3) is 0.440. The molecule has 0 spiro atoms. The molecule has 0 N–H and O–H groups in total. The summed E-state index contributed by atoms with van der Waals surface area (Å²) in [5.41, 5.74) is 2.57. The number of ether oxygens (including phenoxy) is 2. The van der Waals surface area contributed by atoms with Crippen molar-refractivity contribution in [3.63, 3.8) is 0 Å². The molecular weight excluding hydrogens is 504 g/mol. The Morgan fingerprint density at radius 1 is 1.08 bits per heavy atom. The summed E-state index contributed by atoms with van der Waals surface area (Å²) in [5, 5.41) is 3.20. The summed E-state index contributed by atoms with van der Waals surface area (Å²) in [5.74, 6) is -0.490. The zero-order valence-corrected chi connectivity index (χ0v) is 22.1. The molecule has 9 nitrogen and oxygen atoms in total. The Bertz CT molecular complexity index is 1130. The Kier molecular flexibility index (Phi) is 8.38. The Labute approximate surface area is 219 Å². The van der Waals surface area contributed by atoms with Crippen molar-refractivity contribution in [3.8, 4) is 0 Å². The number of piperazine rings is 1. The fourth-order valence-corrected chi connectivity index (χ4v) is 5.51. The van der Waals surface area contributed by atoms with Crippen molar-refractivity contribution >= 4 is 46.3 Å². The highest BCUT2D eigenvalue weighted by atomic mass is 35.5. The number of hydrogen-bond acceptors (Lipinski definition) is 8. The summed E-state index contributed by atoms with van der Waals surface area (Å²) in [4.78, 5) is 48.2. The van der Waals surface area contributed by atoms with Crippen LogP contribution >= 0.6 is 23.4 Å². The van der Waals surface area contributed by atoms with Crippen LogP contribution in [0.3, 0.4) is 0 Å². The number of hydrogen-bond donors (Lipinski definition) is 0. The minimum atomic E-state index is -0.520. The smallest absolute Gasteiger partial charge is 0.338 e. The SMILES string of the molecule is COCCOC(=O)C1=C(C)N=C2SC=C(CC(=O)N3CCN(C(C)=O)CC3)N2[C@H]1c1ccc(Cl)cc1. The van der Waals surface area contributed by atoms with Gasteiger partial charge in [0, 0.05) is 50.9 Å². The molecule has 0 bridgehead atoms. The van der Waals surface area contributed by atoms with E-state index >= 15 is 0 Å². The molecule has 3 aliphatic rings. The largest absolute Gasteiger partial charge is 0.460 e. The topological polar surface area (TPSA) is 91.7 Å². The molecule has 1 atom stereocenters. The quantitative estimate of drug-likeness (QED) is 0.393. The van der Waals surface area contributed by atoms with Crippen molar-refractivity contribution in [2.75, 3.05) is 46.5 Å². The molecule has 3 heterocycles. The van der Waals surface area contributed by atoms with E-state index in [4.69, 9.17) is 21.1 Å². The van der Waals surface area contributed by atoms with Gasteiger partial charge in [-0.25, -0.2) is 9.79 Å². The lowest BCUT2D eigenvalue weighted by Gasteiger charge is -2.37. The minimum Gasteiger partial charge on any atom is -0.460 e. The van der Waals surface area contributed by atoms with Crippen LogP contribution < -0.4 is 0 Å². The van der Waals surface area contributed by atoms with Gasteiger partial charge in [0.15, 0.2) is 5.17 Å². The number of fused-ring (bicyclic) bond motifs is 1. The molecule has 4 rings (SSSR count). The number of amides is 2. The molecule has 1 saturated heterocycles. The number of methoxy groups -OCH3 is 1. The van der Waals surface area contributed by atoms with Crippen molar-refractivity contribution in [2.24, 2.45) is 4.99 Å². The lowest BCUT2D eigenvalue weighted by atomic mass is 9.94. The normalized spacial score (nSPS) is 19.7. The van der Waals surface area contributed by atoms with Gasteiger partial charge in [-0.05, 0) is 30.0 Å². The number of carbonyl (C=O) groups excluding carboxylic acids is 3. The Hall–Kier alpha value is -2.82. The molecule has 2 amide bonds. The highest BCUT2D eigenvalue weighted by molar-refractivity contribution is 8.16. The van der Waals surface area contributed by atoms with Crippen molar-refractivity contribution in [3.05, 3.63) is 57.2 Å². The lowest BCUT2D eigenvalue weighted by molar-refractivity contribution is -0.141. The predicted octanol–water partition coefficient (Wildman–Crippen LogP) is 3.19. The minimum absolute atomic E-state index is 0.0176. The number of esters is 1. The second kappa shape index (κ2) is 11.5. The van der Waals surface area contributed by atoms with Crippen molar-refractivity contribution in [1.29, 1.82) is 0 Å². The van der Waals surface area contributed by atoms with E-state index in [2.05, 4.69) is 4.99 Å². The van der Waals surface area contributed by atoms with Crippen molar-refractivity contribution in [2.45, 2.75) is 26.3 Å². The van der Waals surface area contributed by atoms with Crippen LogP contribution in [-0.2, 0) is 23.9 Å². The van der Waals surface area contributed by atoms with E-state index in [1.165, 1.54) is 11.8 Å². The van der Waals surface area contributed by atoms with Crippen LogP contribution in [0.2, 0.25) is 5.02 Å². The van der Waals surface area contributed by atoms with Gasteiger partial charge in [-0.1, -0.05) is 35.5 Å². The zero-order chi connectivity index (χ0) is 25.8. The van der Waals surface area contributed by atoms with Gasteiger partial charge >= 0.3 is 5.97 Å². The maximum absolute atomic E-state index is 13.2. The average molecular weight is 533 g/mol. The van der Waals surface area contributed by atoms with E-state index in [9.17, 15) is 14.4 Å². The average Bonchev–Trinajstić information content (AvgIpc) is 3.25. The van der Waals surface area contributed by atoms with Gasteiger partial charge in [0.1, 0.15) is 6.61 Å². The molecule has 0 aliphatic carbocycles. The number of amidine groups is 1. The summed E-state index contributed by atoms with van der Waals surface area (Å²) in [6.07, 6.45) is 0.154. The monoisotopic (exact) mass is 532 g/mol. The molecule has 1 aromatic rings. The van der Waals surface area contributed by atoms with Crippen LogP contribution in [0, 0.1) is 0 Å². The molecule has 1 fully saturated rings. The second-order valence-corrected chi connectivity index (χ2v) is 9.91. The number of thioether (sulfide) groups is 1. The highest BCUT2D eigenvalue weighted by Gasteiger charge is 2.41. The summed E-state index contributed by atoms with van der Waals surface area (Å²) >= 11 is 7.57. The number of allylic oxidation sites excluding steroid dienone is 1. The van der Waals surface area contributed by atoms with E-state index in [1.54, 1.807) is 42.9 Å². The Morgan fingerprint density at radius 3 is 2.39 bits per heavy atom. The number of nitrogens with zero attached hydrogens (tertiary/aromatic N) is 4. The van der Waals surface area contributed by atoms with Gasteiger partial charge in [0.25, 0.3) is 0 Å². The van der Waals surface area contributed by atoms with E-state index in [0.29, 0.717) is 47.6 Å². The molecule has 0 saturated carbocycles. The standard InChI is InChI=1S/C25H29ClN4O5S/c1-16-22(24(33)35-13-12-34-3)23(18-4-6-19(26)7-5-18)30-20(15-36-25(30)27-16)14-21(32)29-10-8-28(9-11-29)17(2)31/h4-7,15,23H,8-14H2,1-3H3/t23-/m0/s1. The number of rotatable bonds is 7. The Balaban J connectivity index is 1.59. The maximum atomic E-state index is 13.2. The number of benzene rings is 1. The number of halogens is 1. The molecule has 3 aliphatic heterocycles. The van der Waals surface area contributed by atoms with E-state index in [0.717, 1.165) is 11.3 Å². The third kappa shape index (κ3) is 5.61. The molecule has 36 heavy (non-hydrogen) atoms. The third-order valence-corrected chi connectivity index (χ3v) is 7.48. The first-order valence-corrected chi connectivity index (χ1v) is 12.9. The van der Waals surface area contributed by atoms with E-state index in [1.807, 2.05) is 22.4 Å². The maximum Gasteiger partial charge on any atom is 0.338 e. The zero-order valence-electron chi connectivity index (χ0n) is 20.5. The van der Waals surface area contributed by atoms with Gasteiger partial charge in [-0.3, -0.25) is 9.59 Å². The molecule has 1 aromatic carbocycles. The van der Waals surface area contributed by atoms with Crippen molar-refractivity contribution in [1.82, 2.24) is 14.7 Å². The molecule has 11 heteroatoms. The van der Waals surface area contributed by atoms with E-state index in [-0.39, 0.29) is 31.4 Å². The van der Waals surface area contributed by atoms with Crippen LogP contribution in [0.25, 0.3) is 0 Å². The first kappa shape index (κ1) is 26.2. The molecular formula is C25H29ClN4O5S. The first-order chi connectivity index (χ1) is 17.3.